The maximum Gasteiger partial charge on any atom is 0.220 e. The van der Waals surface area contributed by atoms with Crippen LogP contribution in [0, 0.1) is 17.6 Å². The smallest absolute Gasteiger partial charge is 0.220 e. The normalized spacial score (nSPS) is 22.2. The molecule has 1 amide bonds. The molecular weight excluding hydrogens is 310 g/mol. The molecule has 3 rings (SSSR count). The molecule has 24 heavy (non-hydrogen) atoms. The lowest BCUT2D eigenvalue weighted by atomic mass is 9.92. The van der Waals surface area contributed by atoms with Crippen molar-refractivity contribution >= 4 is 5.91 Å². The largest absolute Gasteiger partial charge is 0.355 e. The van der Waals surface area contributed by atoms with E-state index in [1.807, 2.05) is 19.1 Å². The second kappa shape index (κ2) is 6.67. The Morgan fingerprint density at radius 1 is 1.29 bits per heavy atom. The number of hydrogen-bond donors (Lipinski definition) is 1. The van der Waals surface area contributed by atoms with E-state index in [9.17, 15) is 13.6 Å². The predicted octanol–water partition coefficient (Wildman–Crippen LogP) is 3.39. The number of benzene rings is 1. The fraction of sp³-hybridized carbons (Fsp3) is 0.368. The van der Waals surface area contributed by atoms with Gasteiger partial charge in [0.1, 0.15) is 11.6 Å². The Hall–Kier alpha value is -2.30. The van der Waals surface area contributed by atoms with Crippen molar-refractivity contribution < 1.29 is 13.6 Å². The van der Waals surface area contributed by atoms with E-state index in [1.54, 1.807) is 12.4 Å². The average molecular weight is 330 g/mol. The van der Waals surface area contributed by atoms with E-state index in [1.165, 1.54) is 12.1 Å². The van der Waals surface area contributed by atoms with Gasteiger partial charge in [-0.1, -0.05) is 13.0 Å². The van der Waals surface area contributed by atoms with Gasteiger partial charge in [-0.25, -0.2) is 8.78 Å². The molecule has 2 aromatic rings. The highest BCUT2D eigenvalue weighted by Crippen LogP contribution is 2.54. The molecule has 0 bridgehead atoms. The van der Waals surface area contributed by atoms with Crippen molar-refractivity contribution in [2.75, 3.05) is 6.54 Å². The van der Waals surface area contributed by atoms with Crippen LogP contribution in [0.5, 0.6) is 0 Å². The van der Waals surface area contributed by atoms with Crippen LogP contribution < -0.4 is 5.32 Å². The van der Waals surface area contributed by atoms with E-state index in [0.29, 0.717) is 24.9 Å². The summed E-state index contributed by atoms with van der Waals surface area (Å²) in [5.41, 5.74) is 1.13. The third-order valence-electron chi connectivity index (χ3n) is 4.91. The van der Waals surface area contributed by atoms with Crippen molar-refractivity contribution in [2.45, 2.75) is 31.6 Å². The molecule has 2 atom stereocenters. The Bertz CT molecular complexity index is 735. The van der Waals surface area contributed by atoms with Gasteiger partial charge in [0, 0.05) is 36.8 Å². The molecule has 1 N–H and O–H groups in total. The summed E-state index contributed by atoms with van der Waals surface area (Å²) in [5.74, 6) is -0.919. The number of carbonyl (C=O) groups is 1. The number of amides is 1. The van der Waals surface area contributed by atoms with Gasteiger partial charge >= 0.3 is 0 Å². The third kappa shape index (κ3) is 3.45. The van der Waals surface area contributed by atoms with Crippen molar-refractivity contribution in [3.05, 3.63) is 65.5 Å². The minimum Gasteiger partial charge on any atom is -0.355 e. The molecule has 1 heterocycles. The minimum absolute atomic E-state index is 0.0622. The van der Waals surface area contributed by atoms with Crippen LogP contribution >= 0.6 is 0 Å². The van der Waals surface area contributed by atoms with E-state index in [0.717, 1.165) is 18.1 Å². The fourth-order valence-electron chi connectivity index (χ4n) is 3.25. The maximum absolute atomic E-state index is 14.1. The van der Waals surface area contributed by atoms with Crippen LogP contribution in [-0.2, 0) is 16.6 Å². The van der Waals surface area contributed by atoms with E-state index in [-0.39, 0.29) is 11.8 Å². The van der Waals surface area contributed by atoms with Gasteiger partial charge in [0.2, 0.25) is 5.91 Å². The highest BCUT2D eigenvalue weighted by Gasteiger charge is 2.53. The Morgan fingerprint density at radius 3 is 2.62 bits per heavy atom. The lowest BCUT2D eigenvalue weighted by Crippen LogP contribution is -2.34. The number of halogens is 2. The summed E-state index contributed by atoms with van der Waals surface area (Å²) < 4.78 is 27.2. The molecule has 0 aliphatic heterocycles. The van der Waals surface area contributed by atoms with Crippen LogP contribution in [0.2, 0.25) is 0 Å². The van der Waals surface area contributed by atoms with Gasteiger partial charge in [-0.2, -0.15) is 0 Å². The van der Waals surface area contributed by atoms with Gasteiger partial charge in [0.05, 0.1) is 0 Å². The number of aryl methyl sites for hydroxylation is 1. The molecule has 0 saturated heterocycles. The molecule has 3 nitrogen and oxygen atoms in total. The lowest BCUT2D eigenvalue weighted by Gasteiger charge is -2.19. The Labute approximate surface area is 140 Å². The van der Waals surface area contributed by atoms with Crippen LogP contribution in [0.15, 0.2) is 42.7 Å². The van der Waals surface area contributed by atoms with Gasteiger partial charge < -0.3 is 5.32 Å². The van der Waals surface area contributed by atoms with Gasteiger partial charge in [-0.05, 0) is 48.1 Å². The first-order chi connectivity index (χ1) is 11.5. The quantitative estimate of drug-likeness (QED) is 0.882. The molecule has 0 spiro atoms. The van der Waals surface area contributed by atoms with Crippen LogP contribution in [0.25, 0.3) is 0 Å². The summed E-state index contributed by atoms with van der Waals surface area (Å²) in [5, 5.41) is 2.91. The first-order valence-corrected chi connectivity index (χ1v) is 8.12. The highest BCUT2D eigenvalue weighted by atomic mass is 19.1. The molecule has 1 aromatic heterocycles. The van der Waals surface area contributed by atoms with E-state index in [2.05, 4.69) is 10.3 Å². The van der Waals surface area contributed by atoms with Crippen LogP contribution in [0.3, 0.4) is 0 Å². The molecule has 1 saturated carbocycles. The number of rotatable bonds is 6. The number of carbonyl (C=O) groups excluding carboxylic acids is 1. The number of hydrogen-bond acceptors (Lipinski definition) is 2. The molecule has 126 valence electrons. The molecule has 5 heteroatoms. The van der Waals surface area contributed by atoms with Gasteiger partial charge in [-0.15, -0.1) is 0 Å². The molecule has 0 radical (unpaired) electrons. The van der Waals surface area contributed by atoms with Crippen LogP contribution in [0.4, 0.5) is 8.78 Å². The summed E-state index contributed by atoms with van der Waals surface area (Å²) in [7, 11) is 0. The van der Waals surface area contributed by atoms with E-state index >= 15 is 0 Å². The Morgan fingerprint density at radius 2 is 2.00 bits per heavy atom. The van der Waals surface area contributed by atoms with Gasteiger partial charge in [0.25, 0.3) is 0 Å². The second-order valence-corrected chi connectivity index (χ2v) is 6.52. The predicted molar refractivity (Wildman–Crippen MR) is 87.4 cm³/mol. The summed E-state index contributed by atoms with van der Waals surface area (Å²) in [4.78, 5) is 16.0. The summed E-state index contributed by atoms with van der Waals surface area (Å²) >= 11 is 0. The summed E-state index contributed by atoms with van der Waals surface area (Å²) in [6, 6.07) is 7.44. The number of aromatic nitrogens is 1. The zero-order chi connectivity index (χ0) is 17.2. The SMILES string of the molecule is CC1CC1(CNC(=O)CCc1ccncc1)c1ccc(F)cc1F. The van der Waals surface area contributed by atoms with Crippen LogP contribution in [-0.4, -0.2) is 17.4 Å². The number of nitrogens with one attached hydrogen (secondary N) is 1. The maximum atomic E-state index is 14.1. The second-order valence-electron chi connectivity index (χ2n) is 6.52. The Balaban J connectivity index is 1.59. The average Bonchev–Trinajstić information content (AvgIpc) is 3.23. The zero-order valence-electron chi connectivity index (χ0n) is 13.6. The van der Waals surface area contributed by atoms with Crippen molar-refractivity contribution in [2.24, 2.45) is 5.92 Å². The first kappa shape index (κ1) is 16.6. The molecule has 1 aliphatic rings. The first-order valence-electron chi connectivity index (χ1n) is 8.12. The van der Waals surface area contributed by atoms with E-state index < -0.39 is 17.0 Å². The topological polar surface area (TPSA) is 42.0 Å². The fourth-order valence-corrected chi connectivity index (χ4v) is 3.25. The Kier molecular flexibility index (Phi) is 4.60. The van der Waals surface area contributed by atoms with Gasteiger partial charge in [-0.3, -0.25) is 9.78 Å². The van der Waals surface area contributed by atoms with Crippen molar-refractivity contribution in [3.8, 4) is 0 Å². The van der Waals surface area contributed by atoms with Crippen molar-refractivity contribution in [1.82, 2.24) is 10.3 Å². The monoisotopic (exact) mass is 330 g/mol. The van der Waals surface area contributed by atoms with Crippen LogP contribution in [0.1, 0.15) is 30.9 Å². The number of pyridine rings is 1. The molecule has 2 unspecified atom stereocenters. The highest BCUT2D eigenvalue weighted by molar-refractivity contribution is 5.76. The van der Waals surface area contributed by atoms with Gasteiger partial charge in [0.15, 0.2) is 0 Å². The zero-order valence-corrected chi connectivity index (χ0v) is 13.6. The molecule has 1 aromatic carbocycles. The molecule has 1 aliphatic carbocycles. The standard InChI is InChI=1S/C19H20F2N2O/c1-13-11-19(13,16-4-3-15(20)10-17(16)21)12-23-18(24)5-2-14-6-8-22-9-7-14/h3-4,6-10,13H,2,5,11-12H2,1H3,(H,23,24). The van der Waals surface area contributed by atoms with Crippen molar-refractivity contribution in [3.63, 3.8) is 0 Å². The minimum atomic E-state index is -0.582. The number of nitrogens with zero attached hydrogens (tertiary/aromatic N) is 1. The van der Waals surface area contributed by atoms with E-state index in [4.69, 9.17) is 0 Å². The molecule has 1 fully saturated rings. The molecular formula is C19H20F2N2O. The summed E-state index contributed by atoms with van der Waals surface area (Å²) in [6.07, 6.45) is 5.21. The van der Waals surface area contributed by atoms with Crippen molar-refractivity contribution in [1.29, 1.82) is 0 Å². The summed E-state index contributed by atoms with van der Waals surface area (Å²) in [6.45, 7) is 2.40. The third-order valence-corrected chi connectivity index (χ3v) is 4.91. The lowest BCUT2D eigenvalue weighted by molar-refractivity contribution is -0.121.